The maximum atomic E-state index is 5.89. The molecule has 20 heavy (non-hydrogen) atoms. The second-order valence-corrected chi connectivity index (χ2v) is 4.51. The average molecular weight is 261 g/mol. The van der Waals surface area contributed by atoms with Gasteiger partial charge in [0, 0.05) is 11.9 Å². The number of nitrogens with zero attached hydrogens (tertiary/aromatic N) is 1. The fraction of sp³-hybridized carbons (Fsp3) is 0. The van der Waals surface area contributed by atoms with Gasteiger partial charge < -0.3 is 11.1 Å². The van der Waals surface area contributed by atoms with E-state index in [1.54, 1.807) is 6.20 Å². The minimum atomic E-state index is 0.637. The lowest BCUT2D eigenvalue weighted by atomic mass is 10.1. The van der Waals surface area contributed by atoms with Crippen LogP contribution in [0.25, 0.3) is 11.1 Å². The molecule has 3 nitrogen and oxygen atoms in total. The van der Waals surface area contributed by atoms with Gasteiger partial charge in [-0.3, -0.25) is 0 Å². The first kappa shape index (κ1) is 12.2. The van der Waals surface area contributed by atoms with E-state index < -0.39 is 0 Å². The molecule has 0 atom stereocenters. The Bertz CT molecular complexity index is 708. The maximum absolute atomic E-state index is 5.89. The van der Waals surface area contributed by atoms with Crippen LogP contribution in [0.3, 0.4) is 0 Å². The minimum Gasteiger partial charge on any atom is -0.396 e. The van der Waals surface area contributed by atoms with Gasteiger partial charge in [-0.1, -0.05) is 42.5 Å². The van der Waals surface area contributed by atoms with Gasteiger partial charge in [0.25, 0.3) is 0 Å². The van der Waals surface area contributed by atoms with E-state index in [2.05, 4.69) is 34.6 Å². The molecule has 0 amide bonds. The van der Waals surface area contributed by atoms with Crippen LogP contribution in [0.5, 0.6) is 0 Å². The lowest BCUT2D eigenvalue weighted by Gasteiger charge is -2.09. The average Bonchev–Trinajstić information content (AvgIpc) is 2.51. The highest BCUT2D eigenvalue weighted by atomic mass is 15.0. The highest BCUT2D eigenvalue weighted by molar-refractivity contribution is 5.73. The zero-order chi connectivity index (χ0) is 13.8. The Morgan fingerprint density at radius 1 is 0.800 bits per heavy atom. The van der Waals surface area contributed by atoms with Crippen molar-refractivity contribution in [3.8, 4) is 11.1 Å². The highest BCUT2D eigenvalue weighted by Crippen LogP contribution is 2.25. The van der Waals surface area contributed by atoms with Gasteiger partial charge >= 0.3 is 0 Å². The lowest BCUT2D eigenvalue weighted by molar-refractivity contribution is 1.31. The largest absolute Gasteiger partial charge is 0.396 e. The molecule has 3 rings (SSSR count). The summed E-state index contributed by atoms with van der Waals surface area (Å²) in [5, 5.41) is 3.25. The molecule has 0 fully saturated rings. The van der Waals surface area contributed by atoms with Crippen molar-refractivity contribution in [1.82, 2.24) is 4.98 Å². The molecule has 98 valence electrons. The summed E-state index contributed by atoms with van der Waals surface area (Å²) < 4.78 is 0. The molecule has 0 aliphatic heterocycles. The monoisotopic (exact) mass is 261 g/mol. The summed E-state index contributed by atoms with van der Waals surface area (Å²) in [6.07, 6.45) is 1.72. The summed E-state index contributed by atoms with van der Waals surface area (Å²) in [6, 6.07) is 22.1. The van der Waals surface area contributed by atoms with Crippen molar-refractivity contribution in [1.29, 1.82) is 0 Å². The number of aromatic nitrogens is 1. The molecule has 3 N–H and O–H groups in total. The van der Waals surface area contributed by atoms with E-state index in [4.69, 9.17) is 5.73 Å². The van der Waals surface area contributed by atoms with Crippen molar-refractivity contribution in [2.75, 3.05) is 11.1 Å². The van der Waals surface area contributed by atoms with Gasteiger partial charge in [-0.15, -0.1) is 0 Å². The van der Waals surface area contributed by atoms with Gasteiger partial charge in [-0.05, 0) is 35.4 Å². The van der Waals surface area contributed by atoms with E-state index in [1.807, 2.05) is 42.5 Å². The Kier molecular flexibility index (Phi) is 3.33. The second kappa shape index (κ2) is 5.45. The molecule has 0 saturated carbocycles. The van der Waals surface area contributed by atoms with E-state index in [9.17, 15) is 0 Å². The number of benzene rings is 2. The molecule has 0 aliphatic carbocycles. The van der Waals surface area contributed by atoms with E-state index >= 15 is 0 Å². The predicted molar refractivity (Wildman–Crippen MR) is 83.8 cm³/mol. The lowest BCUT2D eigenvalue weighted by Crippen LogP contribution is -1.98. The molecule has 1 aromatic heterocycles. The maximum Gasteiger partial charge on any atom is 0.153 e. The number of anilines is 3. The van der Waals surface area contributed by atoms with E-state index in [0.717, 1.165) is 11.3 Å². The van der Waals surface area contributed by atoms with Crippen LogP contribution in [0.4, 0.5) is 17.2 Å². The number of nitrogens with one attached hydrogen (secondary N) is 1. The van der Waals surface area contributed by atoms with E-state index in [-0.39, 0.29) is 0 Å². The summed E-state index contributed by atoms with van der Waals surface area (Å²) >= 11 is 0. The zero-order valence-corrected chi connectivity index (χ0v) is 11.0. The molecule has 2 aromatic carbocycles. The molecule has 0 bridgehead atoms. The third-order valence-corrected chi connectivity index (χ3v) is 3.07. The molecule has 1 heterocycles. The first-order chi connectivity index (χ1) is 9.83. The van der Waals surface area contributed by atoms with Gasteiger partial charge in [0.1, 0.15) is 0 Å². The summed E-state index contributed by atoms with van der Waals surface area (Å²) in [4.78, 5) is 4.24. The highest BCUT2D eigenvalue weighted by Gasteiger charge is 2.02. The Balaban J connectivity index is 1.91. The minimum absolute atomic E-state index is 0.637. The fourth-order valence-corrected chi connectivity index (χ4v) is 2.07. The van der Waals surface area contributed by atoms with Crippen molar-refractivity contribution in [2.24, 2.45) is 0 Å². The van der Waals surface area contributed by atoms with Crippen LogP contribution in [-0.4, -0.2) is 4.98 Å². The molecule has 3 aromatic rings. The third-order valence-electron chi connectivity index (χ3n) is 3.07. The summed E-state index contributed by atoms with van der Waals surface area (Å²) in [5.41, 5.74) is 9.84. The van der Waals surface area contributed by atoms with Crippen LogP contribution in [-0.2, 0) is 0 Å². The van der Waals surface area contributed by atoms with Crippen molar-refractivity contribution >= 4 is 17.2 Å². The van der Waals surface area contributed by atoms with Gasteiger partial charge in [-0.2, -0.15) is 0 Å². The quantitative estimate of drug-likeness (QED) is 0.747. The predicted octanol–water partition coefficient (Wildman–Crippen LogP) is 4.07. The summed E-state index contributed by atoms with van der Waals surface area (Å²) in [6.45, 7) is 0. The number of nitrogen functional groups attached to an aromatic ring is 1. The molecule has 0 unspecified atom stereocenters. The third kappa shape index (κ3) is 2.62. The topological polar surface area (TPSA) is 50.9 Å². The molecule has 3 heteroatoms. The molecule has 0 saturated heterocycles. The van der Waals surface area contributed by atoms with E-state index in [0.29, 0.717) is 11.5 Å². The summed E-state index contributed by atoms with van der Waals surface area (Å²) in [7, 11) is 0. The second-order valence-electron chi connectivity index (χ2n) is 4.51. The van der Waals surface area contributed by atoms with Gasteiger partial charge in [0.15, 0.2) is 5.82 Å². The number of pyridine rings is 1. The number of rotatable bonds is 3. The number of nitrogens with two attached hydrogens (primary N) is 1. The fourth-order valence-electron chi connectivity index (χ4n) is 2.07. The van der Waals surface area contributed by atoms with Crippen molar-refractivity contribution < 1.29 is 0 Å². The van der Waals surface area contributed by atoms with Crippen LogP contribution < -0.4 is 11.1 Å². The summed E-state index contributed by atoms with van der Waals surface area (Å²) in [5.74, 6) is 0.678. The SMILES string of the molecule is Nc1cccnc1Nc1cccc(-c2ccccc2)c1. The van der Waals surface area contributed by atoms with Crippen LogP contribution in [0.15, 0.2) is 72.9 Å². The Labute approximate surface area is 118 Å². The Morgan fingerprint density at radius 2 is 1.60 bits per heavy atom. The van der Waals surface area contributed by atoms with Gasteiger partial charge in [-0.25, -0.2) is 4.98 Å². The smallest absolute Gasteiger partial charge is 0.153 e. The number of hydrogen-bond acceptors (Lipinski definition) is 3. The normalized spacial score (nSPS) is 10.2. The molecule has 0 spiro atoms. The molecular weight excluding hydrogens is 246 g/mol. The van der Waals surface area contributed by atoms with Crippen LogP contribution >= 0.6 is 0 Å². The van der Waals surface area contributed by atoms with E-state index in [1.165, 1.54) is 5.56 Å². The molecule has 0 radical (unpaired) electrons. The molecular formula is C17H15N3. The Hall–Kier alpha value is -2.81. The number of hydrogen-bond donors (Lipinski definition) is 2. The standard InChI is InChI=1S/C17H15N3/c18-16-10-5-11-19-17(16)20-15-9-4-8-14(12-15)13-6-2-1-3-7-13/h1-12H,18H2,(H,19,20). The van der Waals surface area contributed by atoms with Crippen molar-refractivity contribution in [3.63, 3.8) is 0 Å². The van der Waals surface area contributed by atoms with Crippen LogP contribution in [0.1, 0.15) is 0 Å². The Morgan fingerprint density at radius 3 is 2.40 bits per heavy atom. The van der Waals surface area contributed by atoms with Gasteiger partial charge in [0.2, 0.25) is 0 Å². The first-order valence-corrected chi connectivity index (χ1v) is 6.46. The first-order valence-electron chi connectivity index (χ1n) is 6.46. The van der Waals surface area contributed by atoms with Crippen LogP contribution in [0.2, 0.25) is 0 Å². The zero-order valence-electron chi connectivity index (χ0n) is 11.0. The van der Waals surface area contributed by atoms with Crippen molar-refractivity contribution in [2.45, 2.75) is 0 Å². The molecule has 0 aliphatic rings. The van der Waals surface area contributed by atoms with Crippen molar-refractivity contribution in [3.05, 3.63) is 72.9 Å². The van der Waals surface area contributed by atoms with Crippen LogP contribution in [0, 0.1) is 0 Å². The van der Waals surface area contributed by atoms with Gasteiger partial charge in [0.05, 0.1) is 5.69 Å².